The molecule has 0 heterocycles. The van der Waals surface area contributed by atoms with Gasteiger partial charge in [-0.25, -0.2) is 0 Å². The normalized spacial score (nSPS) is 10.9. The summed E-state index contributed by atoms with van der Waals surface area (Å²) in [6, 6.07) is 9.15. The topological polar surface area (TPSA) is 46.5 Å². The number of allylic oxidation sites excluding steroid dienone is 1. The van der Waals surface area contributed by atoms with Crippen LogP contribution in [0.15, 0.2) is 40.9 Å². The van der Waals surface area contributed by atoms with Crippen molar-refractivity contribution >= 4 is 27.8 Å². The average molecular weight is 361 g/mol. The number of phenolic OH excluding ortho intramolecular Hbond substituents is 1. The van der Waals surface area contributed by atoms with E-state index in [0.29, 0.717) is 15.8 Å². The first-order valence-corrected chi connectivity index (χ1v) is 7.58. The van der Waals surface area contributed by atoms with Gasteiger partial charge in [0.15, 0.2) is 17.3 Å². The van der Waals surface area contributed by atoms with Gasteiger partial charge in [0.1, 0.15) is 0 Å². The van der Waals surface area contributed by atoms with Gasteiger partial charge in [-0.3, -0.25) is 4.79 Å². The number of hydrogen-bond acceptors (Lipinski definition) is 3. The van der Waals surface area contributed by atoms with Crippen LogP contribution in [0.3, 0.4) is 0 Å². The molecule has 0 atom stereocenters. The zero-order valence-corrected chi connectivity index (χ0v) is 14.3. The standard InChI is InChI=1S/C18H17BrO3/c1-11-4-6-14(12(2)8-11)16(20)7-5-13-9-15(19)18(21)17(10-13)22-3/h4-10,21H,1-3H3/b7-5+. The Bertz CT molecular complexity index is 748. The van der Waals surface area contributed by atoms with Gasteiger partial charge in [0.05, 0.1) is 11.6 Å². The molecule has 0 amide bonds. The number of carbonyl (C=O) groups is 1. The highest BCUT2D eigenvalue weighted by atomic mass is 79.9. The SMILES string of the molecule is COc1cc(/C=C/C(=O)c2ccc(C)cc2C)cc(Br)c1O. The van der Waals surface area contributed by atoms with Gasteiger partial charge in [-0.15, -0.1) is 0 Å². The van der Waals surface area contributed by atoms with Crippen molar-refractivity contribution in [3.05, 3.63) is 63.1 Å². The molecule has 2 aromatic rings. The molecule has 0 bridgehead atoms. The van der Waals surface area contributed by atoms with E-state index in [1.165, 1.54) is 13.2 Å². The molecule has 0 aliphatic heterocycles. The minimum absolute atomic E-state index is 0.0420. The van der Waals surface area contributed by atoms with Gasteiger partial charge in [0.25, 0.3) is 0 Å². The lowest BCUT2D eigenvalue weighted by molar-refractivity contribution is 0.104. The minimum atomic E-state index is -0.0549. The summed E-state index contributed by atoms with van der Waals surface area (Å²) in [5, 5.41) is 9.78. The number of aromatic hydroxyl groups is 1. The fourth-order valence-corrected chi connectivity index (χ4v) is 2.66. The van der Waals surface area contributed by atoms with E-state index in [1.807, 2.05) is 32.0 Å². The van der Waals surface area contributed by atoms with Crippen LogP contribution >= 0.6 is 15.9 Å². The maximum Gasteiger partial charge on any atom is 0.186 e. The molecule has 0 aliphatic carbocycles. The monoisotopic (exact) mass is 360 g/mol. The molecular weight excluding hydrogens is 344 g/mol. The van der Waals surface area contributed by atoms with E-state index < -0.39 is 0 Å². The summed E-state index contributed by atoms with van der Waals surface area (Å²) in [4.78, 5) is 12.3. The Hall–Kier alpha value is -2.07. The van der Waals surface area contributed by atoms with Crippen molar-refractivity contribution in [2.75, 3.05) is 7.11 Å². The van der Waals surface area contributed by atoms with Gasteiger partial charge in [0.2, 0.25) is 0 Å². The van der Waals surface area contributed by atoms with Crippen LogP contribution in [0.1, 0.15) is 27.0 Å². The number of rotatable bonds is 4. The van der Waals surface area contributed by atoms with Crippen molar-refractivity contribution in [3.8, 4) is 11.5 Å². The average Bonchev–Trinajstić information content (AvgIpc) is 2.48. The maximum atomic E-state index is 12.3. The van der Waals surface area contributed by atoms with Crippen LogP contribution in [0, 0.1) is 13.8 Å². The molecular formula is C18H17BrO3. The molecule has 0 radical (unpaired) electrons. The highest BCUT2D eigenvalue weighted by Crippen LogP contribution is 2.35. The van der Waals surface area contributed by atoms with Crippen LogP contribution in [0.25, 0.3) is 6.08 Å². The molecule has 0 spiro atoms. The third-order valence-electron chi connectivity index (χ3n) is 3.35. The van der Waals surface area contributed by atoms with Crippen LogP contribution in [-0.4, -0.2) is 18.0 Å². The number of halogens is 1. The number of ketones is 1. The number of ether oxygens (including phenoxy) is 1. The summed E-state index contributed by atoms with van der Waals surface area (Å²) in [5.74, 6) is 0.342. The Morgan fingerprint density at radius 1 is 1.23 bits per heavy atom. The van der Waals surface area contributed by atoms with E-state index in [4.69, 9.17) is 4.74 Å². The van der Waals surface area contributed by atoms with Crippen molar-refractivity contribution in [3.63, 3.8) is 0 Å². The Labute approximate surface area is 138 Å². The number of methoxy groups -OCH3 is 1. The first-order valence-electron chi connectivity index (χ1n) is 6.78. The number of carbonyl (C=O) groups excluding carboxylic acids is 1. The molecule has 2 aromatic carbocycles. The van der Waals surface area contributed by atoms with E-state index in [1.54, 1.807) is 18.2 Å². The van der Waals surface area contributed by atoms with Gasteiger partial charge in [0, 0.05) is 5.56 Å². The zero-order valence-electron chi connectivity index (χ0n) is 12.7. The summed E-state index contributed by atoms with van der Waals surface area (Å²) in [6.45, 7) is 3.92. The lowest BCUT2D eigenvalue weighted by Crippen LogP contribution is -1.98. The summed E-state index contributed by atoms with van der Waals surface area (Å²) in [5.41, 5.74) is 3.54. The van der Waals surface area contributed by atoms with Crippen molar-refractivity contribution in [1.29, 1.82) is 0 Å². The quantitative estimate of drug-likeness (QED) is 0.636. The van der Waals surface area contributed by atoms with Gasteiger partial charge in [-0.05, 0) is 59.1 Å². The maximum absolute atomic E-state index is 12.3. The molecule has 0 fully saturated rings. The molecule has 4 heteroatoms. The molecule has 0 aromatic heterocycles. The van der Waals surface area contributed by atoms with Gasteiger partial charge in [-0.2, -0.15) is 0 Å². The Morgan fingerprint density at radius 2 is 1.95 bits per heavy atom. The molecule has 1 N–H and O–H groups in total. The number of phenols is 1. The fourth-order valence-electron chi connectivity index (χ4n) is 2.20. The number of hydrogen-bond donors (Lipinski definition) is 1. The van der Waals surface area contributed by atoms with Gasteiger partial charge < -0.3 is 9.84 Å². The third-order valence-corrected chi connectivity index (χ3v) is 3.95. The highest BCUT2D eigenvalue weighted by molar-refractivity contribution is 9.10. The summed E-state index contributed by atoms with van der Waals surface area (Å²) in [6.07, 6.45) is 3.23. The van der Waals surface area contributed by atoms with Crippen LogP contribution in [-0.2, 0) is 0 Å². The Morgan fingerprint density at radius 3 is 2.59 bits per heavy atom. The largest absolute Gasteiger partial charge is 0.503 e. The van der Waals surface area contributed by atoms with Crippen LogP contribution in [0.5, 0.6) is 11.5 Å². The minimum Gasteiger partial charge on any atom is -0.503 e. The van der Waals surface area contributed by atoms with Crippen molar-refractivity contribution in [2.24, 2.45) is 0 Å². The third kappa shape index (κ3) is 3.57. The second-order valence-corrected chi connectivity index (χ2v) is 5.92. The summed E-state index contributed by atoms with van der Waals surface area (Å²) in [7, 11) is 1.48. The summed E-state index contributed by atoms with van der Waals surface area (Å²) < 4.78 is 5.61. The molecule has 0 saturated carbocycles. The van der Waals surface area contributed by atoms with E-state index in [2.05, 4.69) is 15.9 Å². The molecule has 0 saturated heterocycles. The van der Waals surface area contributed by atoms with Gasteiger partial charge >= 0.3 is 0 Å². The lowest BCUT2D eigenvalue weighted by Gasteiger charge is -2.06. The van der Waals surface area contributed by atoms with E-state index in [0.717, 1.165) is 16.7 Å². The van der Waals surface area contributed by atoms with Crippen LogP contribution < -0.4 is 4.74 Å². The van der Waals surface area contributed by atoms with Crippen LogP contribution in [0.4, 0.5) is 0 Å². The predicted molar refractivity (Wildman–Crippen MR) is 91.6 cm³/mol. The predicted octanol–water partition coefficient (Wildman–Crippen LogP) is 4.68. The van der Waals surface area contributed by atoms with Crippen LogP contribution in [0.2, 0.25) is 0 Å². The second kappa shape index (κ2) is 6.79. The van der Waals surface area contributed by atoms with E-state index in [9.17, 15) is 9.90 Å². The zero-order chi connectivity index (χ0) is 16.3. The molecule has 2 rings (SSSR count). The number of aryl methyl sites for hydroxylation is 2. The Kier molecular flexibility index (Phi) is 5.03. The number of benzene rings is 2. The van der Waals surface area contributed by atoms with E-state index in [-0.39, 0.29) is 11.5 Å². The molecule has 3 nitrogen and oxygen atoms in total. The second-order valence-electron chi connectivity index (χ2n) is 5.07. The van der Waals surface area contributed by atoms with Crippen molar-refractivity contribution < 1.29 is 14.6 Å². The highest BCUT2D eigenvalue weighted by Gasteiger charge is 2.09. The smallest absolute Gasteiger partial charge is 0.186 e. The van der Waals surface area contributed by atoms with Crippen molar-refractivity contribution in [2.45, 2.75) is 13.8 Å². The molecule has 0 aliphatic rings. The van der Waals surface area contributed by atoms with Gasteiger partial charge in [-0.1, -0.05) is 29.8 Å². The molecule has 114 valence electrons. The fraction of sp³-hybridized carbons (Fsp3) is 0.167. The first-order chi connectivity index (χ1) is 10.4. The lowest BCUT2D eigenvalue weighted by atomic mass is 10.0. The summed E-state index contributed by atoms with van der Waals surface area (Å²) >= 11 is 3.26. The Balaban J connectivity index is 2.28. The first kappa shape index (κ1) is 16.3. The van der Waals surface area contributed by atoms with Crippen molar-refractivity contribution in [1.82, 2.24) is 0 Å². The molecule has 22 heavy (non-hydrogen) atoms. The van der Waals surface area contributed by atoms with E-state index >= 15 is 0 Å². The molecule has 0 unspecified atom stereocenters.